The maximum absolute atomic E-state index is 12.8. The van der Waals surface area contributed by atoms with Gasteiger partial charge in [-0.2, -0.15) is 0 Å². The zero-order valence-electron chi connectivity index (χ0n) is 17.2. The second kappa shape index (κ2) is 8.06. The number of hydrogen-bond acceptors (Lipinski definition) is 5. The predicted octanol–water partition coefficient (Wildman–Crippen LogP) is 4.42. The van der Waals surface area contributed by atoms with Gasteiger partial charge in [0.15, 0.2) is 18.1 Å². The molecule has 6 nitrogen and oxygen atoms in total. The highest BCUT2D eigenvalue weighted by atomic mass is 16.7. The lowest BCUT2D eigenvalue weighted by molar-refractivity contribution is 0.0474. The summed E-state index contributed by atoms with van der Waals surface area (Å²) in [5.74, 6) is 0.636. The van der Waals surface area contributed by atoms with Crippen molar-refractivity contribution < 1.29 is 23.8 Å². The van der Waals surface area contributed by atoms with Gasteiger partial charge in [0.2, 0.25) is 12.6 Å². The molecule has 4 rings (SSSR count). The van der Waals surface area contributed by atoms with E-state index in [-0.39, 0.29) is 19.2 Å². The monoisotopic (exact) mass is 405 g/mol. The van der Waals surface area contributed by atoms with Crippen LogP contribution in [0.4, 0.5) is 0 Å². The van der Waals surface area contributed by atoms with Gasteiger partial charge in [-0.3, -0.25) is 4.79 Å². The lowest BCUT2D eigenvalue weighted by Crippen LogP contribution is -2.15. The van der Waals surface area contributed by atoms with Crippen LogP contribution in [0.1, 0.15) is 44.6 Å². The van der Waals surface area contributed by atoms with E-state index in [1.54, 1.807) is 12.1 Å². The standard InChI is InChI=1S/C24H23NO5/c1-4-17-5-7-18(8-6-17)24(27)28-13-21(26)20-11-15(2)25(16(20)3)19-9-10-22-23(12-19)30-14-29-22/h5-12H,4,13-14H2,1-3H3. The fraction of sp³-hybridized carbons (Fsp3) is 0.250. The van der Waals surface area contributed by atoms with Gasteiger partial charge in [0.1, 0.15) is 0 Å². The smallest absolute Gasteiger partial charge is 0.338 e. The lowest BCUT2D eigenvalue weighted by atomic mass is 10.1. The van der Waals surface area contributed by atoms with Gasteiger partial charge in [-0.15, -0.1) is 0 Å². The summed E-state index contributed by atoms with van der Waals surface area (Å²) in [7, 11) is 0. The second-order valence-corrected chi connectivity index (χ2v) is 7.21. The molecule has 0 atom stereocenters. The van der Waals surface area contributed by atoms with Crippen LogP contribution in [0.5, 0.6) is 11.5 Å². The Balaban J connectivity index is 1.49. The highest BCUT2D eigenvalue weighted by molar-refractivity contribution is 6.00. The molecule has 0 saturated heterocycles. The van der Waals surface area contributed by atoms with Crippen LogP contribution in [0, 0.1) is 13.8 Å². The number of esters is 1. The molecule has 0 spiro atoms. The van der Waals surface area contributed by atoms with Crippen LogP contribution in [0.15, 0.2) is 48.5 Å². The molecule has 1 aromatic heterocycles. The van der Waals surface area contributed by atoms with Crippen molar-refractivity contribution >= 4 is 11.8 Å². The van der Waals surface area contributed by atoms with Crippen molar-refractivity contribution in [3.05, 3.63) is 76.6 Å². The maximum Gasteiger partial charge on any atom is 0.338 e. The molecule has 0 fully saturated rings. The van der Waals surface area contributed by atoms with Crippen LogP contribution in [-0.4, -0.2) is 29.7 Å². The molecule has 1 aliphatic rings. The van der Waals surface area contributed by atoms with Crippen molar-refractivity contribution in [1.29, 1.82) is 0 Å². The summed E-state index contributed by atoms with van der Waals surface area (Å²) < 4.78 is 18.0. The molecule has 0 saturated carbocycles. The van der Waals surface area contributed by atoms with Crippen LogP contribution in [0.3, 0.4) is 0 Å². The van der Waals surface area contributed by atoms with Gasteiger partial charge < -0.3 is 18.8 Å². The van der Waals surface area contributed by atoms with E-state index in [9.17, 15) is 9.59 Å². The molecule has 1 aliphatic heterocycles. The zero-order chi connectivity index (χ0) is 21.3. The molecule has 2 heterocycles. The Labute approximate surface area is 175 Å². The van der Waals surface area contributed by atoms with Crippen molar-refractivity contribution in [1.82, 2.24) is 4.57 Å². The van der Waals surface area contributed by atoms with E-state index in [1.165, 1.54) is 0 Å². The summed E-state index contributed by atoms with van der Waals surface area (Å²) >= 11 is 0. The average Bonchev–Trinajstić information content (AvgIpc) is 3.35. The maximum atomic E-state index is 12.8. The summed E-state index contributed by atoms with van der Waals surface area (Å²) in [5, 5.41) is 0. The molecule has 0 aliphatic carbocycles. The number of aryl methyl sites for hydroxylation is 2. The summed E-state index contributed by atoms with van der Waals surface area (Å²) in [6.07, 6.45) is 0.896. The summed E-state index contributed by atoms with van der Waals surface area (Å²) in [4.78, 5) is 25.0. The van der Waals surface area contributed by atoms with E-state index >= 15 is 0 Å². The lowest BCUT2D eigenvalue weighted by Gasteiger charge is -2.11. The number of Topliss-reactive ketones (excluding diaryl/α,β-unsaturated/α-hetero) is 1. The van der Waals surface area contributed by atoms with Crippen molar-refractivity contribution in [2.45, 2.75) is 27.2 Å². The average molecular weight is 405 g/mol. The highest BCUT2D eigenvalue weighted by Crippen LogP contribution is 2.34. The van der Waals surface area contributed by atoms with Crippen molar-refractivity contribution in [3.8, 4) is 17.2 Å². The molecule has 0 bridgehead atoms. The largest absolute Gasteiger partial charge is 0.454 e. The molecular weight excluding hydrogens is 382 g/mol. The molecular formula is C24H23NO5. The quantitative estimate of drug-likeness (QED) is 0.448. The molecule has 154 valence electrons. The number of benzene rings is 2. The van der Waals surface area contributed by atoms with E-state index in [1.807, 2.05) is 61.7 Å². The minimum Gasteiger partial charge on any atom is -0.454 e. The summed E-state index contributed by atoms with van der Waals surface area (Å²) in [5.41, 5.74) is 4.65. The molecule has 3 aromatic rings. The topological polar surface area (TPSA) is 66.8 Å². The van der Waals surface area contributed by atoms with Crippen LogP contribution in [-0.2, 0) is 11.2 Å². The van der Waals surface area contributed by atoms with E-state index in [2.05, 4.69) is 0 Å². The minimum atomic E-state index is -0.504. The van der Waals surface area contributed by atoms with E-state index in [0.29, 0.717) is 22.6 Å². The first kappa shape index (κ1) is 19.8. The van der Waals surface area contributed by atoms with Crippen LogP contribution >= 0.6 is 0 Å². The molecule has 0 amide bonds. The third-order valence-electron chi connectivity index (χ3n) is 5.28. The number of ketones is 1. The third-order valence-corrected chi connectivity index (χ3v) is 5.28. The van der Waals surface area contributed by atoms with E-state index < -0.39 is 5.97 Å². The van der Waals surface area contributed by atoms with Gasteiger partial charge >= 0.3 is 5.97 Å². The Hall–Kier alpha value is -3.54. The number of carbonyl (C=O) groups is 2. The van der Waals surface area contributed by atoms with E-state index in [4.69, 9.17) is 14.2 Å². The molecule has 0 radical (unpaired) electrons. The highest BCUT2D eigenvalue weighted by Gasteiger charge is 2.20. The molecule has 0 unspecified atom stereocenters. The normalized spacial score (nSPS) is 12.1. The second-order valence-electron chi connectivity index (χ2n) is 7.21. The van der Waals surface area contributed by atoms with Gasteiger partial charge in [0, 0.05) is 28.7 Å². The fourth-order valence-corrected chi connectivity index (χ4v) is 3.64. The number of carbonyl (C=O) groups excluding carboxylic acids is 2. The summed E-state index contributed by atoms with van der Waals surface area (Å²) in [6.45, 7) is 5.75. The Kier molecular flexibility index (Phi) is 5.31. The Morgan fingerprint density at radius 1 is 1.00 bits per heavy atom. The van der Waals surface area contributed by atoms with Gasteiger partial charge in [0.05, 0.1) is 5.56 Å². The van der Waals surface area contributed by atoms with Gasteiger partial charge in [0.25, 0.3) is 0 Å². The zero-order valence-corrected chi connectivity index (χ0v) is 17.2. The SMILES string of the molecule is CCc1ccc(C(=O)OCC(=O)c2cc(C)n(-c3ccc4c(c3)OCO4)c2C)cc1. The van der Waals surface area contributed by atoms with E-state index in [0.717, 1.165) is 29.1 Å². The van der Waals surface area contributed by atoms with Crippen LogP contribution < -0.4 is 9.47 Å². The third kappa shape index (κ3) is 3.68. The number of hydrogen-bond donors (Lipinski definition) is 0. The van der Waals surface area contributed by atoms with Crippen molar-refractivity contribution in [3.63, 3.8) is 0 Å². The first-order valence-corrected chi connectivity index (χ1v) is 9.86. The molecule has 30 heavy (non-hydrogen) atoms. The van der Waals surface area contributed by atoms with Crippen molar-refractivity contribution in [2.24, 2.45) is 0 Å². The number of nitrogens with zero attached hydrogens (tertiary/aromatic N) is 1. The van der Waals surface area contributed by atoms with Gasteiger partial charge in [-0.05, 0) is 56.2 Å². The molecule has 2 aromatic carbocycles. The Morgan fingerprint density at radius 2 is 1.73 bits per heavy atom. The minimum absolute atomic E-state index is 0.207. The number of ether oxygens (including phenoxy) is 3. The number of aromatic nitrogens is 1. The van der Waals surface area contributed by atoms with Crippen LogP contribution in [0.2, 0.25) is 0 Å². The Bertz CT molecular complexity index is 1110. The Morgan fingerprint density at radius 3 is 2.47 bits per heavy atom. The number of rotatable bonds is 6. The first-order valence-electron chi connectivity index (χ1n) is 9.86. The predicted molar refractivity (Wildman–Crippen MR) is 112 cm³/mol. The fourth-order valence-electron chi connectivity index (χ4n) is 3.64. The first-order chi connectivity index (χ1) is 14.5. The summed E-state index contributed by atoms with van der Waals surface area (Å²) in [6, 6.07) is 14.7. The van der Waals surface area contributed by atoms with Gasteiger partial charge in [-0.1, -0.05) is 19.1 Å². The molecule has 6 heteroatoms. The molecule has 0 N–H and O–H groups in total. The van der Waals surface area contributed by atoms with Gasteiger partial charge in [-0.25, -0.2) is 4.79 Å². The van der Waals surface area contributed by atoms with Crippen molar-refractivity contribution in [2.75, 3.05) is 13.4 Å². The number of fused-ring (bicyclic) bond motifs is 1. The van der Waals surface area contributed by atoms with Crippen LogP contribution in [0.25, 0.3) is 5.69 Å².